The molecule has 1 heterocycles. The minimum atomic E-state index is -4.21. The van der Waals surface area contributed by atoms with Gasteiger partial charge in [-0.1, -0.05) is 24.3 Å². The molecule has 0 radical (unpaired) electrons. The molecule has 1 amide bonds. The second kappa shape index (κ2) is 11.5. The van der Waals surface area contributed by atoms with Crippen LogP contribution in [0.1, 0.15) is 30.4 Å². The molecule has 162 valence electrons. The molecule has 0 atom stereocenters. The third-order valence-corrected chi connectivity index (χ3v) is 5.30. The quantitative estimate of drug-likeness (QED) is 0.334. The van der Waals surface area contributed by atoms with Crippen LogP contribution in [0.15, 0.2) is 48.8 Å². The summed E-state index contributed by atoms with van der Waals surface area (Å²) in [6.07, 6.45) is 9.25. The number of aryl methyl sites for hydroxylation is 1. The van der Waals surface area contributed by atoms with Gasteiger partial charge in [0.15, 0.2) is 12.4 Å². The Hall–Kier alpha value is -2.71. The number of carbonyl (C=O) groups excluding carboxylic acids is 1. The second-order valence-electron chi connectivity index (χ2n) is 7.26. The van der Waals surface area contributed by atoms with Crippen molar-refractivity contribution in [2.24, 2.45) is 0 Å². The topological polar surface area (TPSA) is 93.4 Å². The van der Waals surface area contributed by atoms with Gasteiger partial charge in [0.25, 0.3) is 0 Å². The van der Waals surface area contributed by atoms with Gasteiger partial charge in [0.1, 0.15) is 6.54 Å². The third-order valence-electron chi connectivity index (χ3n) is 4.51. The lowest BCUT2D eigenvalue weighted by molar-refractivity contribution is -0.697. The molecular weight excluding hydrogens is 402 g/mol. The molecule has 2 rings (SSSR count). The Morgan fingerprint density at radius 1 is 1.03 bits per heavy atom. The van der Waals surface area contributed by atoms with Crippen molar-refractivity contribution in [3.8, 4) is 0 Å². The number of carbonyl (C=O) groups is 1. The summed E-state index contributed by atoms with van der Waals surface area (Å²) in [6.45, 7) is 0.907. The lowest BCUT2D eigenvalue weighted by Gasteiger charge is -2.11. The van der Waals surface area contributed by atoms with E-state index in [2.05, 4.69) is 46.6 Å². The fourth-order valence-electron chi connectivity index (χ4n) is 2.79. The summed E-state index contributed by atoms with van der Waals surface area (Å²) in [5, 5.41) is 2.63. The monoisotopic (exact) mass is 431 g/mol. The third kappa shape index (κ3) is 9.19. The molecule has 0 aliphatic rings. The molecule has 0 aliphatic heterocycles. The van der Waals surface area contributed by atoms with Crippen LogP contribution in [0.4, 0.5) is 5.69 Å². The van der Waals surface area contributed by atoms with Crippen molar-refractivity contribution in [1.29, 1.82) is 0 Å². The highest BCUT2D eigenvalue weighted by Crippen LogP contribution is 2.14. The molecule has 0 saturated heterocycles. The van der Waals surface area contributed by atoms with Gasteiger partial charge in [0.2, 0.25) is 5.91 Å². The van der Waals surface area contributed by atoms with Crippen LogP contribution in [0, 0.1) is 0 Å². The number of amides is 1. The van der Waals surface area contributed by atoms with Crippen molar-refractivity contribution < 1.29 is 22.3 Å². The Kier molecular flexibility index (Phi) is 9.01. The number of aromatic nitrogens is 1. The van der Waals surface area contributed by atoms with Crippen LogP contribution in [0.5, 0.6) is 0 Å². The van der Waals surface area contributed by atoms with Crippen LogP contribution in [-0.2, 0) is 21.5 Å². The van der Waals surface area contributed by atoms with E-state index in [4.69, 9.17) is 0 Å². The second-order valence-corrected chi connectivity index (χ2v) is 8.78. The number of hydrogen-bond acceptors (Lipinski definition) is 5. The maximum atomic E-state index is 11.7. The van der Waals surface area contributed by atoms with Crippen molar-refractivity contribution in [3.05, 3.63) is 59.9 Å². The first-order valence-electron chi connectivity index (χ1n) is 9.88. The van der Waals surface area contributed by atoms with E-state index in [1.807, 2.05) is 43.2 Å². The van der Waals surface area contributed by atoms with Gasteiger partial charge in [0.05, 0.1) is 10.1 Å². The number of benzene rings is 1. The molecule has 2 aromatic rings. The number of nitrogens with one attached hydrogen (secondary N) is 1. The average molecular weight is 432 g/mol. The number of anilines is 1. The highest BCUT2D eigenvalue weighted by molar-refractivity contribution is 7.85. The molecule has 0 unspecified atom stereocenters. The maximum absolute atomic E-state index is 11.7. The van der Waals surface area contributed by atoms with Gasteiger partial charge < -0.3 is 14.8 Å². The van der Waals surface area contributed by atoms with E-state index < -0.39 is 15.9 Å². The molecule has 0 fully saturated rings. The van der Waals surface area contributed by atoms with Crippen molar-refractivity contribution in [2.45, 2.75) is 25.8 Å². The normalized spacial score (nSPS) is 11.6. The smallest absolute Gasteiger partial charge is 0.220 e. The van der Waals surface area contributed by atoms with Crippen molar-refractivity contribution in [2.75, 3.05) is 31.3 Å². The Labute approximate surface area is 178 Å². The fraction of sp³-hybridized carbons (Fsp3) is 0.364. The van der Waals surface area contributed by atoms with Crippen molar-refractivity contribution >= 4 is 33.9 Å². The van der Waals surface area contributed by atoms with E-state index in [0.717, 1.165) is 16.8 Å². The highest BCUT2D eigenvalue weighted by atomic mass is 32.2. The van der Waals surface area contributed by atoms with Crippen LogP contribution >= 0.6 is 0 Å². The van der Waals surface area contributed by atoms with Gasteiger partial charge in [-0.15, -0.1) is 0 Å². The molecule has 0 spiro atoms. The molecule has 7 nitrogen and oxygen atoms in total. The maximum Gasteiger partial charge on any atom is 0.220 e. The summed E-state index contributed by atoms with van der Waals surface area (Å²) in [7, 11) is -0.183. The Bertz CT molecular complexity index is 937. The molecule has 30 heavy (non-hydrogen) atoms. The lowest BCUT2D eigenvalue weighted by Crippen LogP contribution is -2.34. The van der Waals surface area contributed by atoms with Gasteiger partial charge >= 0.3 is 0 Å². The first-order chi connectivity index (χ1) is 14.2. The lowest BCUT2D eigenvalue weighted by atomic mass is 10.1. The zero-order chi connectivity index (χ0) is 22.0. The van der Waals surface area contributed by atoms with Gasteiger partial charge in [-0.25, -0.2) is 13.0 Å². The van der Waals surface area contributed by atoms with Gasteiger partial charge in [-0.05, 0) is 29.7 Å². The molecule has 1 aromatic heterocycles. The zero-order valence-electron chi connectivity index (χ0n) is 17.5. The Balaban J connectivity index is 1.72. The van der Waals surface area contributed by atoms with Crippen LogP contribution in [0.2, 0.25) is 0 Å². The predicted octanol–water partition coefficient (Wildman–Crippen LogP) is 2.04. The van der Waals surface area contributed by atoms with E-state index in [0.29, 0.717) is 19.4 Å². The number of hydrogen-bond donors (Lipinski definition) is 1. The Morgan fingerprint density at radius 2 is 1.63 bits per heavy atom. The summed E-state index contributed by atoms with van der Waals surface area (Å²) in [5.41, 5.74) is 3.39. The molecule has 0 saturated carbocycles. The van der Waals surface area contributed by atoms with Crippen LogP contribution < -0.4 is 14.8 Å². The van der Waals surface area contributed by atoms with Gasteiger partial charge in [-0.3, -0.25) is 4.79 Å². The predicted molar refractivity (Wildman–Crippen MR) is 118 cm³/mol. The standard InChI is InChI=1S/C22H29N3O4S/c1-24(2)21-10-8-19(9-11-21)6-7-20-12-16-25(17-13-20)15-3-5-22(26)23-14-4-18-30(27,28)29/h6-13,16-17H,3-5,14-15,18H2,1-2H3,(H-,23,26,27,28,29). The summed E-state index contributed by atoms with van der Waals surface area (Å²) in [6, 6.07) is 12.4. The van der Waals surface area contributed by atoms with E-state index >= 15 is 0 Å². The average Bonchev–Trinajstić information content (AvgIpc) is 2.70. The zero-order valence-corrected chi connectivity index (χ0v) is 18.3. The summed E-state index contributed by atoms with van der Waals surface area (Å²) < 4.78 is 33.5. The molecule has 8 heteroatoms. The van der Waals surface area contributed by atoms with E-state index in [-0.39, 0.29) is 18.9 Å². The SMILES string of the molecule is CN(C)c1ccc(/C=C/c2cc[n+](CCCC(=O)NCCCS(=O)(=O)[O-])cc2)cc1. The number of nitrogens with zero attached hydrogens (tertiary/aromatic N) is 2. The summed E-state index contributed by atoms with van der Waals surface area (Å²) in [5.74, 6) is -0.593. The molecular formula is C22H29N3O4S. The minimum Gasteiger partial charge on any atom is -0.748 e. The largest absolute Gasteiger partial charge is 0.748 e. The van der Waals surface area contributed by atoms with E-state index in [9.17, 15) is 17.8 Å². The highest BCUT2D eigenvalue weighted by Gasteiger charge is 2.05. The molecule has 1 aromatic carbocycles. The van der Waals surface area contributed by atoms with E-state index in [1.54, 1.807) is 0 Å². The van der Waals surface area contributed by atoms with E-state index in [1.165, 1.54) is 0 Å². The first kappa shape index (κ1) is 23.6. The molecule has 0 aliphatic carbocycles. The fourth-order valence-corrected chi connectivity index (χ4v) is 3.29. The minimum absolute atomic E-state index is 0.140. The van der Waals surface area contributed by atoms with Crippen LogP contribution in [0.25, 0.3) is 12.2 Å². The van der Waals surface area contributed by atoms with Gasteiger partial charge in [-0.2, -0.15) is 0 Å². The van der Waals surface area contributed by atoms with Crippen molar-refractivity contribution in [1.82, 2.24) is 5.32 Å². The van der Waals surface area contributed by atoms with Crippen LogP contribution in [-0.4, -0.2) is 45.3 Å². The molecule has 1 N–H and O–H groups in total. The summed E-state index contributed by atoms with van der Waals surface area (Å²) in [4.78, 5) is 13.8. The van der Waals surface area contributed by atoms with Crippen molar-refractivity contribution in [3.63, 3.8) is 0 Å². The van der Waals surface area contributed by atoms with Crippen LogP contribution in [0.3, 0.4) is 0 Å². The number of rotatable bonds is 11. The Morgan fingerprint density at radius 3 is 2.20 bits per heavy atom. The molecule has 0 bridgehead atoms. The first-order valence-corrected chi connectivity index (χ1v) is 11.5. The summed E-state index contributed by atoms with van der Waals surface area (Å²) >= 11 is 0. The van der Waals surface area contributed by atoms with Gasteiger partial charge in [0, 0.05) is 57.1 Å². The number of pyridine rings is 1.